The summed E-state index contributed by atoms with van der Waals surface area (Å²) in [5, 5.41) is 0. The number of amides is 1. The first kappa shape index (κ1) is 21.7. The van der Waals surface area contributed by atoms with Crippen molar-refractivity contribution >= 4 is 17.6 Å². The second-order valence-electron chi connectivity index (χ2n) is 8.62. The van der Waals surface area contributed by atoms with Crippen molar-refractivity contribution in [3.63, 3.8) is 0 Å². The number of rotatable bonds is 5. The number of nitrogens with two attached hydrogens (primary N) is 1. The van der Waals surface area contributed by atoms with Gasteiger partial charge in [0, 0.05) is 43.6 Å². The van der Waals surface area contributed by atoms with Crippen LogP contribution in [-0.2, 0) is 11.2 Å². The lowest BCUT2D eigenvalue weighted by atomic mass is 10.0. The van der Waals surface area contributed by atoms with E-state index in [9.17, 15) is 9.59 Å². The van der Waals surface area contributed by atoms with Gasteiger partial charge in [0.25, 0.3) is 0 Å². The van der Waals surface area contributed by atoms with Gasteiger partial charge in [-0.1, -0.05) is 24.3 Å². The molecule has 0 spiro atoms. The summed E-state index contributed by atoms with van der Waals surface area (Å²) in [6.45, 7) is 6.83. The molecule has 160 valence electrons. The zero-order valence-electron chi connectivity index (χ0n) is 17.9. The Bertz CT molecular complexity index is 879. The number of Topliss-reactive ketones (excluding diaryl/α,β-unsaturated/α-hetero) is 1. The van der Waals surface area contributed by atoms with E-state index in [0.717, 1.165) is 24.2 Å². The van der Waals surface area contributed by atoms with E-state index in [4.69, 9.17) is 15.2 Å². The van der Waals surface area contributed by atoms with E-state index in [1.165, 1.54) is 0 Å². The minimum atomic E-state index is -0.486. The highest BCUT2D eigenvalue weighted by Gasteiger charge is 2.27. The maximum absolute atomic E-state index is 12.5. The molecule has 3 rings (SSSR count). The number of benzene rings is 2. The van der Waals surface area contributed by atoms with E-state index in [1.807, 2.05) is 57.2 Å². The molecule has 1 amide bonds. The average molecular weight is 411 g/mol. The van der Waals surface area contributed by atoms with E-state index in [-0.39, 0.29) is 18.0 Å². The fourth-order valence-corrected chi connectivity index (χ4v) is 3.39. The van der Waals surface area contributed by atoms with E-state index in [1.54, 1.807) is 17.0 Å². The molecule has 0 aliphatic carbocycles. The molecule has 0 atom stereocenters. The van der Waals surface area contributed by atoms with Crippen LogP contribution >= 0.6 is 0 Å². The molecular formula is C24H30N2O4. The van der Waals surface area contributed by atoms with Crippen molar-refractivity contribution in [1.29, 1.82) is 0 Å². The third kappa shape index (κ3) is 5.99. The quantitative estimate of drug-likeness (QED) is 0.581. The molecule has 1 heterocycles. The lowest BCUT2D eigenvalue weighted by molar-refractivity contribution is 0.0126. The molecule has 0 aromatic heterocycles. The molecule has 0 radical (unpaired) electrons. The van der Waals surface area contributed by atoms with Crippen LogP contribution in [0.4, 0.5) is 10.5 Å². The van der Waals surface area contributed by atoms with Gasteiger partial charge < -0.3 is 20.1 Å². The highest BCUT2D eigenvalue weighted by atomic mass is 16.6. The molecular weight excluding hydrogens is 380 g/mol. The number of ether oxygens (including phenoxy) is 2. The van der Waals surface area contributed by atoms with Crippen molar-refractivity contribution in [1.82, 2.24) is 4.90 Å². The van der Waals surface area contributed by atoms with Gasteiger partial charge in [0.05, 0.1) is 0 Å². The molecule has 2 N–H and O–H groups in total. The predicted molar refractivity (Wildman–Crippen MR) is 117 cm³/mol. The Morgan fingerprint density at radius 1 is 1.03 bits per heavy atom. The molecule has 2 aromatic carbocycles. The zero-order chi connectivity index (χ0) is 21.7. The van der Waals surface area contributed by atoms with E-state index in [2.05, 4.69) is 0 Å². The summed E-state index contributed by atoms with van der Waals surface area (Å²) in [7, 11) is 0. The van der Waals surface area contributed by atoms with Crippen molar-refractivity contribution in [3.8, 4) is 5.75 Å². The SMILES string of the molecule is CC(C)(C)OC(=O)N1CCC(Oc2ccc(CC(=O)c3ccccc3N)cc2)CC1. The maximum atomic E-state index is 12.5. The fourth-order valence-electron chi connectivity index (χ4n) is 3.39. The first-order valence-electron chi connectivity index (χ1n) is 10.3. The van der Waals surface area contributed by atoms with Crippen molar-refractivity contribution in [3.05, 3.63) is 59.7 Å². The van der Waals surface area contributed by atoms with Crippen LogP contribution in [0.15, 0.2) is 48.5 Å². The molecule has 6 heteroatoms. The molecule has 2 aromatic rings. The summed E-state index contributed by atoms with van der Waals surface area (Å²) in [5.74, 6) is 0.762. The number of hydrogen-bond donors (Lipinski definition) is 1. The number of piperidine rings is 1. The van der Waals surface area contributed by atoms with Gasteiger partial charge in [0.1, 0.15) is 17.5 Å². The summed E-state index contributed by atoms with van der Waals surface area (Å²) in [5.41, 5.74) is 7.37. The van der Waals surface area contributed by atoms with Crippen LogP contribution < -0.4 is 10.5 Å². The van der Waals surface area contributed by atoms with E-state index in [0.29, 0.717) is 30.8 Å². The Labute approximate surface area is 178 Å². The zero-order valence-corrected chi connectivity index (χ0v) is 17.9. The summed E-state index contributed by atoms with van der Waals surface area (Å²) in [4.78, 5) is 26.3. The summed E-state index contributed by atoms with van der Waals surface area (Å²) >= 11 is 0. The molecule has 1 aliphatic rings. The molecule has 6 nitrogen and oxygen atoms in total. The molecule has 1 saturated heterocycles. The van der Waals surface area contributed by atoms with Crippen LogP contribution in [0.2, 0.25) is 0 Å². The number of nitrogen functional groups attached to an aromatic ring is 1. The van der Waals surface area contributed by atoms with E-state index >= 15 is 0 Å². The third-order valence-corrected chi connectivity index (χ3v) is 4.95. The molecule has 1 aliphatic heterocycles. The number of carbonyl (C=O) groups excluding carboxylic acids is 2. The number of nitrogens with zero attached hydrogens (tertiary/aromatic N) is 1. The van der Waals surface area contributed by atoms with Crippen molar-refractivity contribution in [2.45, 2.75) is 51.7 Å². The molecule has 1 fully saturated rings. The van der Waals surface area contributed by atoms with Crippen LogP contribution in [0.1, 0.15) is 49.5 Å². The smallest absolute Gasteiger partial charge is 0.410 e. The number of ketones is 1. The molecule has 0 unspecified atom stereocenters. The standard InChI is InChI=1S/C24H30N2O4/c1-24(2,3)30-23(28)26-14-12-19(13-15-26)29-18-10-8-17(9-11-18)16-22(27)20-6-4-5-7-21(20)25/h4-11,19H,12-16,25H2,1-3H3. The average Bonchev–Trinajstić information content (AvgIpc) is 2.69. The lowest BCUT2D eigenvalue weighted by Gasteiger charge is -2.33. The van der Waals surface area contributed by atoms with Gasteiger partial charge in [-0.15, -0.1) is 0 Å². The molecule has 0 saturated carbocycles. The number of likely N-dealkylation sites (tertiary alicyclic amines) is 1. The Kier molecular flexibility index (Phi) is 6.65. The predicted octanol–water partition coefficient (Wildman–Crippen LogP) is 4.47. The minimum Gasteiger partial charge on any atom is -0.490 e. The summed E-state index contributed by atoms with van der Waals surface area (Å²) < 4.78 is 11.5. The topological polar surface area (TPSA) is 81.9 Å². The highest BCUT2D eigenvalue weighted by molar-refractivity contribution is 6.01. The van der Waals surface area contributed by atoms with Gasteiger partial charge in [0.2, 0.25) is 0 Å². The second-order valence-corrected chi connectivity index (χ2v) is 8.62. The first-order valence-corrected chi connectivity index (χ1v) is 10.3. The van der Waals surface area contributed by atoms with Crippen LogP contribution in [0.5, 0.6) is 5.75 Å². The first-order chi connectivity index (χ1) is 14.2. The largest absolute Gasteiger partial charge is 0.490 e. The van der Waals surface area contributed by atoms with Gasteiger partial charge in [-0.25, -0.2) is 4.79 Å². The van der Waals surface area contributed by atoms with Crippen molar-refractivity contribution in [2.24, 2.45) is 0 Å². The maximum Gasteiger partial charge on any atom is 0.410 e. The van der Waals surface area contributed by atoms with Gasteiger partial charge >= 0.3 is 6.09 Å². The fraction of sp³-hybridized carbons (Fsp3) is 0.417. The van der Waals surface area contributed by atoms with Gasteiger partial charge in [-0.3, -0.25) is 4.79 Å². The van der Waals surface area contributed by atoms with Crippen LogP contribution in [0.25, 0.3) is 0 Å². The Hall–Kier alpha value is -3.02. The summed E-state index contributed by atoms with van der Waals surface area (Å²) in [6, 6.07) is 14.7. The summed E-state index contributed by atoms with van der Waals surface area (Å²) in [6.07, 6.45) is 1.59. The number of para-hydroxylation sites is 1. The van der Waals surface area contributed by atoms with Crippen LogP contribution in [0, 0.1) is 0 Å². The normalized spacial score (nSPS) is 15.0. The van der Waals surface area contributed by atoms with Crippen LogP contribution in [-0.4, -0.2) is 41.6 Å². The lowest BCUT2D eigenvalue weighted by Crippen LogP contribution is -2.44. The second kappa shape index (κ2) is 9.20. The number of anilines is 1. The van der Waals surface area contributed by atoms with Crippen LogP contribution in [0.3, 0.4) is 0 Å². The monoisotopic (exact) mass is 410 g/mol. The number of carbonyl (C=O) groups is 2. The van der Waals surface area contributed by atoms with Gasteiger partial charge in [0.15, 0.2) is 5.78 Å². The molecule has 0 bridgehead atoms. The number of hydrogen-bond acceptors (Lipinski definition) is 5. The minimum absolute atomic E-state index is 0.00344. The Morgan fingerprint density at radius 2 is 1.67 bits per heavy atom. The third-order valence-electron chi connectivity index (χ3n) is 4.95. The Balaban J connectivity index is 1.49. The van der Waals surface area contributed by atoms with Gasteiger partial charge in [-0.05, 0) is 50.6 Å². The molecule has 30 heavy (non-hydrogen) atoms. The van der Waals surface area contributed by atoms with Gasteiger partial charge in [-0.2, -0.15) is 0 Å². The highest BCUT2D eigenvalue weighted by Crippen LogP contribution is 2.22. The van der Waals surface area contributed by atoms with Crippen molar-refractivity contribution < 1.29 is 19.1 Å². The Morgan fingerprint density at radius 3 is 2.27 bits per heavy atom. The van der Waals surface area contributed by atoms with E-state index < -0.39 is 5.60 Å². The van der Waals surface area contributed by atoms with Crippen molar-refractivity contribution in [2.75, 3.05) is 18.8 Å².